The van der Waals surface area contributed by atoms with E-state index in [1.54, 1.807) is 12.4 Å². The van der Waals surface area contributed by atoms with Crippen molar-refractivity contribution in [2.24, 2.45) is 0 Å². The molecule has 2 aromatic carbocycles. The number of hydrogen-bond acceptors (Lipinski definition) is 3. The van der Waals surface area contributed by atoms with Crippen molar-refractivity contribution >= 4 is 0 Å². The number of hydrogen-bond donors (Lipinski definition) is 0. The van der Waals surface area contributed by atoms with Crippen LogP contribution in [0, 0.1) is 0 Å². The molecule has 0 amide bonds. The smallest absolute Gasteiger partial charge is 0.206 e. The van der Waals surface area contributed by atoms with E-state index < -0.39 is 0 Å². The minimum Gasteiger partial charge on any atom is -0.438 e. The Morgan fingerprint density at radius 3 is 1.88 bits per heavy atom. The Balaban J connectivity index is 1.79. The first-order valence-electron chi connectivity index (χ1n) is 7.89. The predicted molar refractivity (Wildman–Crippen MR) is 93.6 cm³/mol. The highest BCUT2D eigenvalue weighted by Crippen LogP contribution is 2.32. The van der Waals surface area contributed by atoms with Gasteiger partial charge in [-0.15, -0.1) is 0 Å². The van der Waals surface area contributed by atoms with Crippen LogP contribution in [0.5, 0.6) is 0 Å². The molecule has 4 rings (SSSR count). The Kier molecular flexibility index (Phi) is 3.90. The van der Waals surface area contributed by atoms with E-state index in [9.17, 15) is 0 Å². The lowest BCUT2D eigenvalue weighted by molar-refractivity contribution is 0.498. The second-order valence-corrected chi connectivity index (χ2v) is 5.53. The van der Waals surface area contributed by atoms with Crippen molar-refractivity contribution in [3.8, 4) is 11.5 Å². The zero-order valence-corrected chi connectivity index (χ0v) is 13.0. The van der Waals surface area contributed by atoms with Crippen LogP contribution in [0.2, 0.25) is 0 Å². The number of benzene rings is 2. The summed E-state index contributed by atoms with van der Waals surface area (Å²) in [5, 5.41) is 0. The Labute approximate surface area is 140 Å². The van der Waals surface area contributed by atoms with Gasteiger partial charge in [-0.25, -0.2) is 4.98 Å². The van der Waals surface area contributed by atoms with E-state index in [2.05, 4.69) is 34.2 Å². The minimum atomic E-state index is -0.0372. The third kappa shape index (κ3) is 2.84. The lowest BCUT2D eigenvalue weighted by atomic mass is 9.91. The van der Waals surface area contributed by atoms with Gasteiger partial charge in [0.25, 0.3) is 0 Å². The van der Waals surface area contributed by atoms with Crippen molar-refractivity contribution < 1.29 is 4.42 Å². The van der Waals surface area contributed by atoms with Crippen LogP contribution < -0.4 is 0 Å². The number of pyridine rings is 1. The van der Waals surface area contributed by atoms with Crippen molar-refractivity contribution in [1.29, 1.82) is 0 Å². The van der Waals surface area contributed by atoms with Gasteiger partial charge in [-0.2, -0.15) is 0 Å². The molecule has 0 aliphatic heterocycles. The summed E-state index contributed by atoms with van der Waals surface area (Å²) in [5.74, 6) is 1.32. The number of rotatable bonds is 4. The van der Waals surface area contributed by atoms with Crippen molar-refractivity contribution in [2.45, 2.75) is 5.92 Å². The molecule has 0 saturated carbocycles. The van der Waals surface area contributed by atoms with Gasteiger partial charge in [0.15, 0.2) is 5.76 Å². The Morgan fingerprint density at radius 2 is 1.29 bits per heavy atom. The van der Waals surface area contributed by atoms with Crippen LogP contribution >= 0.6 is 0 Å². The van der Waals surface area contributed by atoms with Gasteiger partial charge in [-0.3, -0.25) is 4.98 Å². The highest BCUT2D eigenvalue weighted by atomic mass is 16.4. The van der Waals surface area contributed by atoms with E-state index in [0.29, 0.717) is 11.7 Å². The molecule has 0 bridgehead atoms. The van der Waals surface area contributed by atoms with E-state index in [1.165, 1.54) is 0 Å². The third-order valence-electron chi connectivity index (χ3n) is 3.95. The van der Waals surface area contributed by atoms with Crippen LogP contribution in [0.1, 0.15) is 22.9 Å². The molecule has 0 radical (unpaired) electrons. The maximum Gasteiger partial charge on any atom is 0.206 e. The van der Waals surface area contributed by atoms with E-state index >= 15 is 0 Å². The molecule has 3 heteroatoms. The third-order valence-corrected chi connectivity index (χ3v) is 3.95. The van der Waals surface area contributed by atoms with Crippen molar-refractivity contribution in [1.82, 2.24) is 9.97 Å². The van der Waals surface area contributed by atoms with E-state index in [-0.39, 0.29) is 5.92 Å². The zero-order chi connectivity index (χ0) is 16.2. The lowest BCUT2D eigenvalue weighted by Crippen LogP contribution is -2.03. The first kappa shape index (κ1) is 14.4. The molecule has 116 valence electrons. The maximum atomic E-state index is 6.07. The van der Waals surface area contributed by atoms with E-state index in [0.717, 1.165) is 16.8 Å². The summed E-state index contributed by atoms with van der Waals surface area (Å²) in [7, 11) is 0. The maximum absolute atomic E-state index is 6.07. The van der Waals surface area contributed by atoms with Crippen molar-refractivity contribution in [2.75, 3.05) is 0 Å². The normalized spacial score (nSPS) is 10.9. The molecule has 2 heterocycles. The quantitative estimate of drug-likeness (QED) is 0.537. The van der Waals surface area contributed by atoms with Crippen molar-refractivity contribution in [3.63, 3.8) is 0 Å². The van der Waals surface area contributed by atoms with Gasteiger partial charge in [-0.1, -0.05) is 66.7 Å². The summed E-state index contributed by atoms with van der Waals surface area (Å²) in [6, 6.07) is 26.3. The van der Waals surface area contributed by atoms with Crippen LogP contribution in [0.25, 0.3) is 11.5 Å². The van der Waals surface area contributed by atoms with Crippen molar-refractivity contribution in [3.05, 3.63) is 108 Å². The average molecular weight is 312 g/mol. The van der Waals surface area contributed by atoms with Gasteiger partial charge in [0.1, 0.15) is 5.69 Å². The molecule has 2 aromatic heterocycles. The molecule has 0 fully saturated rings. The Morgan fingerprint density at radius 1 is 0.667 bits per heavy atom. The summed E-state index contributed by atoms with van der Waals surface area (Å²) in [5.41, 5.74) is 3.09. The molecule has 0 aliphatic carbocycles. The number of nitrogens with zero attached hydrogens (tertiary/aromatic N) is 2. The molecule has 3 nitrogen and oxygen atoms in total. The summed E-state index contributed by atoms with van der Waals surface area (Å²) in [4.78, 5) is 8.87. The van der Waals surface area contributed by atoms with E-state index in [1.807, 2.05) is 54.6 Å². The molecule has 0 spiro atoms. The first-order chi connectivity index (χ1) is 11.9. The summed E-state index contributed by atoms with van der Waals surface area (Å²) < 4.78 is 6.07. The SMILES string of the molecule is c1ccc(C(c2ccccc2)c2ncc(-c3ccccn3)o2)cc1. The molecule has 0 unspecified atom stereocenters. The predicted octanol–water partition coefficient (Wildman–Crippen LogP) is 4.92. The van der Waals surface area contributed by atoms with Crippen LogP contribution in [0.4, 0.5) is 0 Å². The second-order valence-electron chi connectivity index (χ2n) is 5.53. The molecule has 24 heavy (non-hydrogen) atoms. The summed E-state index contributed by atoms with van der Waals surface area (Å²) >= 11 is 0. The Bertz CT molecular complexity index is 863. The fraction of sp³-hybridized carbons (Fsp3) is 0.0476. The molecular weight excluding hydrogens is 296 g/mol. The number of aromatic nitrogens is 2. The highest BCUT2D eigenvalue weighted by molar-refractivity contribution is 5.50. The Hall–Kier alpha value is -3.20. The standard InChI is InChI=1S/C21H16N2O/c1-3-9-16(10-4-1)20(17-11-5-2-6-12-17)21-23-15-19(24-21)18-13-7-8-14-22-18/h1-15,20H. The first-order valence-corrected chi connectivity index (χ1v) is 7.89. The average Bonchev–Trinajstić information content (AvgIpc) is 3.14. The molecule has 0 N–H and O–H groups in total. The van der Waals surface area contributed by atoms with Gasteiger partial charge < -0.3 is 4.42 Å². The summed E-state index contributed by atoms with van der Waals surface area (Å²) in [6.45, 7) is 0. The fourth-order valence-corrected chi connectivity index (χ4v) is 2.82. The minimum absolute atomic E-state index is 0.0372. The highest BCUT2D eigenvalue weighted by Gasteiger charge is 2.22. The lowest BCUT2D eigenvalue weighted by Gasteiger charge is -2.14. The van der Waals surface area contributed by atoms with Gasteiger partial charge in [0, 0.05) is 6.20 Å². The molecule has 4 aromatic rings. The summed E-state index contributed by atoms with van der Waals surface area (Å²) in [6.07, 6.45) is 3.50. The van der Waals surface area contributed by atoms with E-state index in [4.69, 9.17) is 4.42 Å². The van der Waals surface area contributed by atoms with Gasteiger partial charge >= 0.3 is 0 Å². The van der Waals surface area contributed by atoms with Gasteiger partial charge in [0.2, 0.25) is 5.89 Å². The van der Waals surface area contributed by atoms with Gasteiger partial charge in [-0.05, 0) is 23.3 Å². The fourth-order valence-electron chi connectivity index (χ4n) is 2.82. The zero-order valence-electron chi connectivity index (χ0n) is 13.0. The molecule has 0 saturated heterocycles. The second kappa shape index (κ2) is 6.50. The van der Waals surface area contributed by atoms with Gasteiger partial charge in [0.05, 0.1) is 12.1 Å². The molecule has 0 atom stereocenters. The monoisotopic (exact) mass is 312 g/mol. The van der Waals surface area contributed by atoms with Crippen LogP contribution in [0.3, 0.4) is 0 Å². The number of oxazole rings is 1. The van der Waals surface area contributed by atoms with Crippen LogP contribution in [0.15, 0.2) is 95.7 Å². The van der Waals surface area contributed by atoms with Crippen LogP contribution in [-0.4, -0.2) is 9.97 Å². The molecular formula is C21H16N2O. The topological polar surface area (TPSA) is 38.9 Å². The largest absolute Gasteiger partial charge is 0.438 e. The molecule has 0 aliphatic rings. The van der Waals surface area contributed by atoms with Crippen LogP contribution in [-0.2, 0) is 0 Å².